The number of hydrogen-bond donors (Lipinski definition) is 2. The Morgan fingerprint density at radius 2 is 1.82 bits per heavy atom. The van der Waals surface area contributed by atoms with Gasteiger partial charge in [-0.05, 0) is 54.9 Å². The van der Waals surface area contributed by atoms with E-state index in [1.54, 1.807) is 14.2 Å². The highest BCUT2D eigenvalue weighted by atomic mass is 16.5. The molecule has 2 aromatic carbocycles. The van der Waals surface area contributed by atoms with E-state index in [1.807, 2.05) is 12.1 Å². The summed E-state index contributed by atoms with van der Waals surface area (Å²) in [5.41, 5.74) is 2.64. The fourth-order valence-electron chi connectivity index (χ4n) is 3.47. The maximum Gasteiger partial charge on any atom is 0.191 e. The number of guanidine groups is 1. The molecule has 3 rings (SSSR count). The molecule has 1 saturated carbocycles. The topological polar surface area (TPSA) is 54.9 Å². The zero-order valence-corrected chi connectivity index (χ0v) is 17.1. The molecule has 1 fully saturated rings. The Labute approximate surface area is 168 Å². The molecule has 2 N–H and O–H groups in total. The van der Waals surface area contributed by atoms with Crippen LogP contribution in [0.3, 0.4) is 0 Å². The highest BCUT2D eigenvalue weighted by Crippen LogP contribution is 2.47. The fourth-order valence-corrected chi connectivity index (χ4v) is 3.47. The van der Waals surface area contributed by atoms with Crippen molar-refractivity contribution in [3.63, 3.8) is 0 Å². The third-order valence-corrected chi connectivity index (χ3v) is 5.13. The molecule has 150 valence electrons. The second-order valence-corrected chi connectivity index (χ2v) is 7.10. The number of nitrogens with one attached hydrogen (secondary N) is 2. The van der Waals surface area contributed by atoms with Crippen LogP contribution in [-0.2, 0) is 6.42 Å². The second kappa shape index (κ2) is 10.0. The standard InChI is InChI=1S/C23H31N3O2/c1-4-24-23(26-16-19-15-20(19)18-8-6-5-7-9-18)25-13-12-17-10-11-21(27-2)22(14-17)28-3/h5-11,14,19-20H,4,12-13,15-16H2,1-3H3,(H2,24,25,26). The molecule has 0 radical (unpaired) electrons. The third-order valence-electron chi connectivity index (χ3n) is 5.13. The highest BCUT2D eigenvalue weighted by molar-refractivity contribution is 5.79. The van der Waals surface area contributed by atoms with Crippen LogP contribution in [0.15, 0.2) is 53.5 Å². The summed E-state index contributed by atoms with van der Waals surface area (Å²) in [5, 5.41) is 6.78. The molecule has 2 aromatic rings. The summed E-state index contributed by atoms with van der Waals surface area (Å²) < 4.78 is 10.7. The van der Waals surface area contributed by atoms with Gasteiger partial charge in [-0.3, -0.25) is 4.99 Å². The first-order chi connectivity index (χ1) is 13.7. The second-order valence-electron chi connectivity index (χ2n) is 7.10. The summed E-state index contributed by atoms with van der Waals surface area (Å²) >= 11 is 0. The van der Waals surface area contributed by atoms with Crippen LogP contribution >= 0.6 is 0 Å². The molecule has 1 aliphatic carbocycles. The lowest BCUT2D eigenvalue weighted by atomic mass is 10.1. The first-order valence-electron chi connectivity index (χ1n) is 10.0. The van der Waals surface area contributed by atoms with Crippen molar-refractivity contribution in [3.05, 3.63) is 59.7 Å². The number of methoxy groups -OCH3 is 2. The summed E-state index contributed by atoms with van der Waals surface area (Å²) in [6.45, 7) is 4.63. The molecule has 28 heavy (non-hydrogen) atoms. The number of hydrogen-bond acceptors (Lipinski definition) is 3. The normalized spacial score (nSPS) is 18.5. The van der Waals surface area contributed by atoms with Gasteiger partial charge in [0.15, 0.2) is 17.5 Å². The van der Waals surface area contributed by atoms with Gasteiger partial charge in [0.25, 0.3) is 0 Å². The Hall–Kier alpha value is -2.69. The molecule has 0 aromatic heterocycles. The summed E-state index contributed by atoms with van der Waals surface area (Å²) in [6, 6.07) is 16.8. The Kier molecular flexibility index (Phi) is 7.18. The monoisotopic (exact) mass is 381 g/mol. The molecule has 2 atom stereocenters. The minimum atomic E-state index is 0.656. The maximum atomic E-state index is 5.38. The molecule has 0 saturated heterocycles. The molecule has 0 amide bonds. The van der Waals surface area contributed by atoms with Gasteiger partial charge in [-0.1, -0.05) is 36.4 Å². The molecule has 2 unspecified atom stereocenters. The van der Waals surface area contributed by atoms with Crippen LogP contribution in [0, 0.1) is 5.92 Å². The zero-order chi connectivity index (χ0) is 19.8. The summed E-state index contributed by atoms with van der Waals surface area (Å²) in [7, 11) is 3.32. The quantitative estimate of drug-likeness (QED) is 0.515. The minimum Gasteiger partial charge on any atom is -0.493 e. The largest absolute Gasteiger partial charge is 0.493 e. The lowest BCUT2D eigenvalue weighted by Crippen LogP contribution is -2.38. The Balaban J connectivity index is 1.49. The molecular formula is C23H31N3O2. The van der Waals surface area contributed by atoms with Crippen molar-refractivity contribution in [2.24, 2.45) is 10.9 Å². The van der Waals surface area contributed by atoms with E-state index in [0.29, 0.717) is 11.8 Å². The SMILES string of the molecule is CCNC(=NCC1CC1c1ccccc1)NCCc1ccc(OC)c(OC)c1. The van der Waals surface area contributed by atoms with Crippen LogP contribution < -0.4 is 20.1 Å². The predicted octanol–water partition coefficient (Wildman–Crippen LogP) is 3.61. The van der Waals surface area contributed by atoms with Crippen LogP contribution in [0.1, 0.15) is 30.4 Å². The van der Waals surface area contributed by atoms with E-state index in [0.717, 1.165) is 43.5 Å². The van der Waals surface area contributed by atoms with E-state index >= 15 is 0 Å². The van der Waals surface area contributed by atoms with Crippen LogP contribution in [0.2, 0.25) is 0 Å². The molecule has 0 heterocycles. The van der Waals surface area contributed by atoms with Crippen molar-refractivity contribution < 1.29 is 9.47 Å². The molecule has 0 aliphatic heterocycles. The number of ether oxygens (including phenoxy) is 2. The number of rotatable bonds is 9. The van der Waals surface area contributed by atoms with E-state index in [4.69, 9.17) is 14.5 Å². The van der Waals surface area contributed by atoms with Gasteiger partial charge in [-0.25, -0.2) is 0 Å². The number of nitrogens with zero attached hydrogens (tertiary/aromatic N) is 1. The lowest BCUT2D eigenvalue weighted by molar-refractivity contribution is 0.354. The minimum absolute atomic E-state index is 0.656. The van der Waals surface area contributed by atoms with Crippen LogP contribution in [0.4, 0.5) is 0 Å². The maximum absolute atomic E-state index is 5.38. The first kappa shape index (κ1) is 20.1. The average Bonchev–Trinajstić information content (AvgIpc) is 3.52. The Bertz CT molecular complexity index is 777. The van der Waals surface area contributed by atoms with Gasteiger partial charge in [0.1, 0.15) is 0 Å². The van der Waals surface area contributed by atoms with E-state index in [2.05, 4.69) is 54.0 Å². The smallest absolute Gasteiger partial charge is 0.191 e. The van der Waals surface area contributed by atoms with Crippen LogP contribution in [0.5, 0.6) is 11.5 Å². The van der Waals surface area contributed by atoms with Gasteiger partial charge in [0, 0.05) is 19.6 Å². The van der Waals surface area contributed by atoms with Crippen molar-refractivity contribution in [1.29, 1.82) is 0 Å². The lowest BCUT2D eigenvalue weighted by Gasteiger charge is -2.12. The van der Waals surface area contributed by atoms with E-state index in [1.165, 1.54) is 17.5 Å². The van der Waals surface area contributed by atoms with Gasteiger partial charge in [0.05, 0.1) is 14.2 Å². The van der Waals surface area contributed by atoms with E-state index < -0.39 is 0 Å². The highest BCUT2D eigenvalue weighted by Gasteiger charge is 2.37. The van der Waals surface area contributed by atoms with Crippen molar-refractivity contribution in [2.75, 3.05) is 33.9 Å². The molecule has 5 nitrogen and oxygen atoms in total. The van der Waals surface area contributed by atoms with Crippen LogP contribution in [-0.4, -0.2) is 39.8 Å². The molecular weight excluding hydrogens is 350 g/mol. The average molecular weight is 382 g/mol. The number of aliphatic imine (C=N–C) groups is 1. The van der Waals surface area contributed by atoms with Gasteiger partial charge in [-0.15, -0.1) is 0 Å². The fraction of sp³-hybridized carbons (Fsp3) is 0.435. The van der Waals surface area contributed by atoms with Crippen LogP contribution in [0.25, 0.3) is 0 Å². The summed E-state index contributed by atoms with van der Waals surface area (Å²) in [6.07, 6.45) is 2.12. The third kappa shape index (κ3) is 5.41. The van der Waals surface area contributed by atoms with E-state index in [9.17, 15) is 0 Å². The van der Waals surface area contributed by atoms with Crippen molar-refractivity contribution >= 4 is 5.96 Å². The predicted molar refractivity (Wildman–Crippen MR) is 115 cm³/mol. The Morgan fingerprint density at radius 1 is 1.04 bits per heavy atom. The summed E-state index contributed by atoms with van der Waals surface area (Å²) in [4.78, 5) is 4.79. The Morgan fingerprint density at radius 3 is 2.54 bits per heavy atom. The van der Waals surface area contributed by atoms with Gasteiger partial charge in [-0.2, -0.15) is 0 Å². The van der Waals surface area contributed by atoms with Crippen molar-refractivity contribution in [2.45, 2.75) is 25.7 Å². The first-order valence-corrected chi connectivity index (χ1v) is 10.0. The van der Waals surface area contributed by atoms with Gasteiger partial charge in [0.2, 0.25) is 0 Å². The van der Waals surface area contributed by atoms with Crippen molar-refractivity contribution in [3.8, 4) is 11.5 Å². The molecule has 1 aliphatic rings. The van der Waals surface area contributed by atoms with Crippen molar-refractivity contribution in [1.82, 2.24) is 10.6 Å². The zero-order valence-electron chi connectivity index (χ0n) is 17.1. The molecule has 5 heteroatoms. The summed E-state index contributed by atoms with van der Waals surface area (Å²) in [5.74, 6) is 3.73. The van der Waals surface area contributed by atoms with E-state index in [-0.39, 0.29) is 0 Å². The van der Waals surface area contributed by atoms with Gasteiger partial charge >= 0.3 is 0 Å². The van der Waals surface area contributed by atoms with Gasteiger partial charge < -0.3 is 20.1 Å². The molecule has 0 bridgehead atoms. The molecule has 0 spiro atoms. The number of benzene rings is 2.